The summed E-state index contributed by atoms with van der Waals surface area (Å²) in [6.45, 7) is 3.67. The number of anilines is 1. The molecule has 6 nitrogen and oxygen atoms in total. The Kier molecular flexibility index (Phi) is 8.31. The molecule has 33 heavy (non-hydrogen) atoms. The van der Waals surface area contributed by atoms with Gasteiger partial charge >= 0.3 is 5.97 Å². The lowest BCUT2D eigenvalue weighted by Gasteiger charge is -2.24. The monoisotopic (exact) mass is 595 g/mol. The zero-order valence-electron chi connectivity index (χ0n) is 18.2. The molecule has 174 valence electrons. The Bertz CT molecular complexity index is 1280. The molecular formula is C24H23Br2NO5S. The maximum absolute atomic E-state index is 13.7. The lowest BCUT2D eigenvalue weighted by atomic mass is 10.1. The molecule has 0 aliphatic heterocycles. The number of amides is 1. The molecule has 1 amide bonds. The van der Waals surface area contributed by atoms with Crippen molar-refractivity contribution < 1.29 is 22.7 Å². The third-order valence-electron chi connectivity index (χ3n) is 4.84. The summed E-state index contributed by atoms with van der Waals surface area (Å²) >= 11 is 6.70. The minimum atomic E-state index is -4.21. The number of halogens is 2. The molecule has 0 heterocycles. The van der Waals surface area contributed by atoms with E-state index in [0.29, 0.717) is 21.8 Å². The van der Waals surface area contributed by atoms with Crippen molar-refractivity contribution in [3.63, 3.8) is 0 Å². The van der Waals surface area contributed by atoms with Crippen LogP contribution < -0.4 is 9.04 Å². The first-order valence-electron chi connectivity index (χ1n) is 10.5. The van der Waals surface area contributed by atoms with Crippen molar-refractivity contribution in [1.82, 2.24) is 0 Å². The van der Waals surface area contributed by atoms with Gasteiger partial charge in [0.2, 0.25) is 5.91 Å². The summed E-state index contributed by atoms with van der Waals surface area (Å²) in [5.41, 5.74) is 0.135. The Morgan fingerprint density at radius 2 is 1.48 bits per heavy atom. The maximum Gasteiger partial charge on any atom is 0.311 e. The second kappa shape index (κ2) is 10.8. The number of carbonyl (C=O) groups is 2. The number of ether oxygens (including phenoxy) is 1. The second-order valence-electron chi connectivity index (χ2n) is 7.38. The summed E-state index contributed by atoms with van der Waals surface area (Å²) < 4.78 is 34.2. The van der Waals surface area contributed by atoms with Gasteiger partial charge in [0.25, 0.3) is 10.0 Å². The van der Waals surface area contributed by atoms with Crippen LogP contribution in [0.25, 0.3) is 10.8 Å². The zero-order valence-corrected chi connectivity index (χ0v) is 22.2. The molecule has 0 spiro atoms. The van der Waals surface area contributed by atoms with Crippen molar-refractivity contribution in [1.29, 1.82) is 0 Å². The van der Waals surface area contributed by atoms with Crippen molar-refractivity contribution in [3.8, 4) is 5.75 Å². The topological polar surface area (TPSA) is 80.8 Å². The minimum absolute atomic E-state index is 0.0105. The van der Waals surface area contributed by atoms with Gasteiger partial charge in [-0.2, -0.15) is 0 Å². The highest BCUT2D eigenvalue weighted by Crippen LogP contribution is 2.39. The van der Waals surface area contributed by atoms with Crippen LogP contribution in [0.2, 0.25) is 0 Å². The third-order valence-corrected chi connectivity index (χ3v) is 7.76. The SMILES string of the molecule is CCCC(=O)Oc1c(Br)cc(N(C(=O)CCC)S(=O)(=O)c2ccc3ccccc3c2)cc1Br. The minimum Gasteiger partial charge on any atom is -0.424 e. The van der Waals surface area contributed by atoms with Crippen LogP contribution in [0.3, 0.4) is 0 Å². The number of carbonyl (C=O) groups excluding carboxylic acids is 2. The van der Waals surface area contributed by atoms with E-state index >= 15 is 0 Å². The number of hydrogen-bond donors (Lipinski definition) is 0. The van der Waals surface area contributed by atoms with Gasteiger partial charge in [-0.15, -0.1) is 0 Å². The van der Waals surface area contributed by atoms with E-state index < -0.39 is 21.9 Å². The Labute approximate surface area is 210 Å². The Hall–Kier alpha value is -2.23. The van der Waals surface area contributed by atoms with Crippen LogP contribution in [0.5, 0.6) is 5.75 Å². The van der Waals surface area contributed by atoms with Gasteiger partial charge < -0.3 is 4.74 Å². The summed E-state index contributed by atoms with van der Waals surface area (Å²) in [4.78, 5) is 25.0. The second-order valence-corrected chi connectivity index (χ2v) is 10.9. The van der Waals surface area contributed by atoms with E-state index in [4.69, 9.17) is 4.74 Å². The lowest BCUT2D eigenvalue weighted by Crippen LogP contribution is -2.37. The summed E-state index contributed by atoms with van der Waals surface area (Å²) in [5.74, 6) is -0.738. The molecule has 9 heteroatoms. The van der Waals surface area contributed by atoms with E-state index in [-0.39, 0.29) is 29.2 Å². The number of benzene rings is 3. The standard InChI is InChI=1S/C24H23Br2NO5S/c1-3-7-22(28)27(18-14-20(25)24(21(26)15-18)32-23(29)8-4-2)33(30,31)19-12-11-16-9-5-6-10-17(16)13-19/h5-6,9-15H,3-4,7-8H2,1-2H3. The fourth-order valence-corrected chi connectivity index (χ4v) is 6.09. The number of fused-ring (bicyclic) bond motifs is 1. The molecule has 3 aromatic rings. The molecule has 0 N–H and O–H groups in total. The van der Waals surface area contributed by atoms with Crippen LogP contribution in [0, 0.1) is 0 Å². The number of rotatable bonds is 8. The van der Waals surface area contributed by atoms with Gasteiger partial charge in [0.15, 0.2) is 5.75 Å². The molecular weight excluding hydrogens is 574 g/mol. The van der Waals surface area contributed by atoms with Gasteiger partial charge in [-0.1, -0.05) is 44.2 Å². The molecule has 0 saturated carbocycles. The van der Waals surface area contributed by atoms with Crippen LogP contribution in [0.15, 0.2) is 68.4 Å². The highest BCUT2D eigenvalue weighted by molar-refractivity contribution is 9.11. The maximum atomic E-state index is 13.7. The lowest BCUT2D eigenvalue weighted by molar-refractivity contribution is -0.134. The summed E-state index contributed by atoms with van der Waals surface area (Å²) in [7, 11) is -4.21. The predicted octanol–water partition coefficient (Wildman–Crippen LogP) is 6.59. The molecule has 0 saturated heterocycles. The summed E-state index contributed by atoms with van der Waals surface area (Å²) in [6.07, 6.45) is 1.42. The van der Waals surface area contributed by atoms with Crippen molar-refractivity contribution in [2.75, 3.05) is 4.31 Å². The third kappa shape index (κ3) is 5.65. The number of nitrogens with zero attached hydrogens (tertiary/aromatic N) is 1. The quantitative estimate of drug-likeness (QED) is 0.216. The number of hydrogen-bond acceptors (Lipinski definition) is 5. The van der Waals surface area contributed by atoms with Crippen LogP contribution >= 0.6 is 31.9 Å². The average Bonchev–Trinajstić information content (AvgIpc) is 2.76. The smallest absolute Gasteiger partial charge is 0.311 e. The van der Waals surface area contributed by atoms with Crippen molar-refractivity contribution in [2.24, 2.45) is 0 Å². The van der Waals surface area contributed by atoms with Gasteiger partial charge in [0.1, 0.15) is 0 Å². The molecule has 0 aliphatic rings. The van der Waals surface area contributed by atoms with Crippen molar-refractivity contribution in [2.45, 2.75) is 44.4 Å². The molecule has 0 bridgehead atoms. The van der Waals surface area contributed by atoms with Gasteiger partial charge in [-0.05, 0) is 79.7 Å². The first-order valence-corrected chi connectivity index (χ1v) is 13.5. The van der Waals surface area contributed by atoms with Crippen LogP contribution in [0.1, 0.15) is 39.5 Å². The highest BCUT2D eigenvalue weighted by Gasteiger charge is 2.32. The summed E-state index contributed by atoms with van der Waals surface area (Å²) in [5, 5.41) is 1.65. The van der Waals surface area contributed by atoms with Gasteiger partial charge in [-0.25, -0.2) is 12.7 Å². The Morgan fingerprint density at radius 1 is 0.879 bits per heavy atom. The molecule has 3 rings (SSSR count). The van der Waals surface area contributed by atoms with Gasteiger partial charge in [0, 0.05) is 12.8 Å². The Morgan fingerprint density at radius 3 is 2.09 bits per heavy atom. The molecule has 0 unspecified atom stereocenters. The fourth-order valence-electron chi connectivity index (χ4n) is 3.30. The van der Waals surface area contributed by atoms with Crippen LogP contribution in [-0.4, -0.2) is 20.3 Å². The largest absolute Gasteiger partial charge is 0.424 e. The van der Waals surface area contributed by atoms with E-state index in [9.17, 15) is 18.0 Å². The van der Waals surface area contributed by atoms with Crippen LogP contribution in [-0.2, 0) is 19.6 Å². The summed E-state index contributed by atoms with van der Waals surface area (Å²) in [6, 6.07) is 15.1. The van der Waals surface area contributed by atoms with E-state index in [1.165, 1.54) is 18.2 Å². The fraction of sp³-hybridized carbons (Fsp3) is 0.250. The number of esters is 1. The molecule has 0 fully saturated rings. The average molecular weight is 597 g/mol. The molecule has 0 aliphatic carbocycles. The van der Waals surface area contributed by atoms with Crippen molar-refractivity contribution in [3.05, 3.63) is 63.5 Å². The van der Waals surface area contributed by atoms with E-state index in [2.05, 4.69) is 31.9 Å². The van der Waals surface area contributed by atoms with E-state index in [0.717, 1.165) is 15.1 Å². The van der Waals surface area contributed by atoms with E-state index in [1.807, 2.05) is 31.2 Å². The number of sulfonamides is 1. The zero-order chi connectivity index (χ0) is 24.2. The first kappa shape index (κ1) is 25.4. The van der Waals surface area contributed by atoms with Gasteiger partial charge in [0.05, 0.1) is 19.5 Å². The van der Waals surface area contributed by atoms with E-state index in [1.54, 1.807) is 19.1 Å². The highest BCUT2D eigenvalue weighted by atomic mass is 79.9. The van der Waals surface area contributed by atoms with Crippen LogP contribution in [0.4, 0.5) is 5.69 Å². The molecule has 3 aromatic carbocycles. The normalized spacial score (nSPS) is 11.4. The van der Waals surface area contributed by atoms with Crippen molar-refractivity contribution >= 4 is 70.2 Å². The first-order chi connectivity index (χ1) is 15.7. The predicted molar refractivity (Wildman–Crippen MR) is 136 cm³/mol. The molecule has 0 atom stereocenters. The molecule has 0 radical (unpaired) electrons. The van der Waals surface area contributed by atoms with Gasteiger partial charge in [-0.3, -0.25) is 9.59 Å². The molecule has 0 aromatic heterocycles. The Balaban J connectivity index is 2.10.